The van der Waals surface area contributed by atoms with Crippen LogP contribution in [0.3, 0.4) is 0 Å². The fourth-order valence-electron chi connectivity index (χ4n) is 0.919. The Balaban J connectivity index is 4.02. The Hall–Kier alpha value is -0.630. The second-order valence-electron chi connectivity index (χ2n) is 3.29. The third-order valence-electron chi connectivity index (χ3n) is 1.61. The molecule has 0 aliphatic rings. The summed E-state index contributed by atoms with van der Waals surface area (Å²) in [5.74, 6) is 0. The Morgan fingerprint density at radius 3 is 2.45 bits per heavy atom. The molecule has 0 aromatic heterocycles. The van der Waals surface area contributed by atoms with Crippen LogP contribution in [0.5, 0.6) is 0 Å². The Labute approximate surface area is 68.2 Å². The zero-order chi connectivity index (χ0) is 8.91. The molecule has 0 saturated heterocycles. The largest absolute Gasteiger partial charge is 0.378 e. The number of carbonyl (C=O) groups excluding carboxylic acids is 1. The lowest BCUT2D eigenvalue weighted by molar-refractivity contribution is -0.104. The number of aldehydes is 1. The van der Waals surface area contributed by atoms with E-state index in [9.17, 15) is 4.79 Å². The van der Waals surface area contributed by atoms with Gasteiger partial charge in [0.2, 0.25) is 0 Å². The molecule has 0 saturated carbocycles. The van der Waals surface area contributed by atoms with E-state index in [-0.39, 0.29) is 5.60 Å². The summed E-state index contributed by atoms with van der Waals surface area (Å²) < 4.78 is 5.20. The Morgan fingerprint density at radius 1 is 1.55 bits per heavy atom. The van der Waals surface area contributed by atoms with Crippen LogP contribution in [0, 0.1) is 0 Å². The molecule has 0 heterocycles. The zero-order valence-corrected chi connectivity index (χ0v) is 7.68. The summed E-state index contributed by atoms with van der Waals surface area (Å²) in [7, 11) is 1.67. The van der Waals surface area contributed by atoms with Crippen LogP contribution in [0.4, 0.5) is 0 Å². The Bertz CT molecular complexity index is 157. The lowest BCUT2D eigenvalue weighted by Crippen LogP contribution is -2.22. The highest BCUT2D eigenvalue weighted by atomic mass is 16.5. The molecule has 0 fully saturated rings. The number of hydrogen-bond acceptors (Lipinski definition) is 2. The van der Waals surface area contributed by atoms with Crippen molar-refractivity contribution in [2.24, 2.45) is 0 Å². The van der Waals surface area contributed by atoms with Crippen molar-refractivity contribution in [3.05, 3.63) is 11.6 Å². The van der Waals surface area contributed by atoms with Gasteiger partial charge in [0.25, 0.3) is 0 Å². The van der Waals surface area contributed by atoms with Gasteiger partial charge >= 0.3 is 0 Å². The van der Waals surface area contributed by atoms with Crippen LogP contribution in [-0.2, 0) is 9.53 Å². The van der Waals surface area contributed by atoms with Gasteiger partial charge in [0.1, 0.15) is 6.29 Å². The summed E-state index contributed by atoms with van der Waals surface area (Å²) in [4.78, 5) is 10.1. The number of rotatable bonds is 4. The topological polar surface area (TPSA) is 26.3 Å². The van der Waals surface area contributed by atoms with Crippen LogP contribution in [0.2, 0.25) is 0 Å². The van der Waals surface area contributed by atoms with Crippen molar-refractivity contribution >= 4 is 6.29 Å². The van der Waals surface area contributed by atoms with E-state index < -0.39 is 0 Å². The monoisotopic (exact) mass is 156 g/mol. The normalized spacial score (nSPS) is 13.3. The van der Waals surface area contributed by atoms with E-state index in [1.807, 2.05) is 20.8 Å². The molecule has 0 aliphatic heterocycles. The quantitative estimate of drug-likeness (QED) is 0.459. The second kappa shape index (κ2) is 4.29. The number of methoxy groups -OCH3 is 1. The minimum absolute atomic E-state index is 0.163. The highest BCUT2D eigenvalue weighted by Gasteiger charge is 2.15. The molecule has 2 heteroatoms. The zero-order valence-electron chi connectivity index (χ0n) is 7.68. The van der Waals surface area contributed by atoms with Gasteiger partial charge in [0.15, 0.2) is 0 Å². The average Bonchev–Trinajstić information content (AvgIpc) is 1.87. The molecule has 0 aromatic carbocycles. The fraction of sp³-hybridized carbons (Fsp3) is 0.667. The molecular formula is C9H16O2. The van der Waals surface area contributed by atoms with Crippen molar-refractivity contribution in [3.63, 3.8) is 0 Å². The first kappa shape index (κ1) is 10.4. The molecule has 0 rings (SSSR count). The molecule has 0 unspecified atom stereocenters. The molecule has 0 N–H and O–H groups in total. The maximum atomic E-state index is 10.1. The number of allylic oxidation sites excluding steroid dienone is 1. The Kier molecular flexibility index (Phi) is 4.04. The minimum Gasteiger partial charge on any atom is -0.378 e. The SMILES string of the molecule is COC(C)(C)CC(C)=CC=O. The summed E-state index contributed by atoms with van der Waals surface area (Å²) in [6.45, 7) is 5.92. The highest BCUT2D eigenvalue weighted by Crippen LogP contribution is 2.17. The van der Waals surface area contributed by atoms with E-state index in [2.05, 4.69) is 0 Å². The van der Waals surface area contributed by atoms with Gasteiger partial charge in [-0.2, -0.15) is 0 Å². The summed E-state index contributed by atoms with van der Waals surface area (Å²) in [5, 5.41) is 0. The predicted octanol–water partition coefficient (Wildman–Crippen LogP) is 1.95. The van der Waals surface area contributed by atoms with Crippen molar-refractivity contribution in [2.45, 2.75) is 32.8 Å². The summed E-state index contributed by atoms with van der Waals surface area (Å²) in [6, 6.07) is 0. The first-order chi connectivity index (χ1) is 5.02. The molecule has 2 nitrogen and oxygen atoms in total. The summed E-state index contributed by atoms with van der Waals surface area (Å²) in [6.07, 6.45) is 3.17. The van der Waals surface area contributed by atoms with Gasteiger partial charge < -0.3 is 4.74 Å². The van der Waals surface area contributed by atoms with E-state index in [0.29, 0.717) is 0 Å². The van der Waals surface area contributed by atoms with E-state index in [0.717, 1.165) is 18.3 Å². The number of hydrogen-bond donors (Lipinski definition) is 0. The third kappa shape index (κ3) is 4.73. The van der Waals surface area contributed by atoms with Gasteiger partial charge in [-0.05, 0) is 33.3 Å². The smallest absolute Gasteiger partial charge is 0.142 e. The second-order valence-corrected chi connectivity index (χ2v) is 3.29. The van der Waals surface area contributed by atoms with E-state index in [4.69, 9.17) is 4.74 Å². The van der Waals surface area contributed by atoms with Crippen LogP contribution in [-0.4, -0.2) is 19.0 Å². The first-order valence-electron chi connectivity index (χ1n) is 3.68. The lowest BCUT2D eigenvalue weighted by atomic mass is 9.99. The molecular weight excluding hydrogens is 140 g/mol. The third-order valence-corrected chi connectivity index (χ3v) is 1.61. The van der Waals surface area contributed by atoms with Crippen LogP contribution in [0.1, 0.15) is 27.2 Å². The Morgan fingerprint density at radius 2 is 2.09 bits per heavy atom. The molecule has 64 valence electrons. The van der Waals surface area contributed by atoms with Gasteiger partial charge in [0.05, 0.1) is 5.60 Å². The minimum atomic E-state index is -0.163. The van der Waals surface area contributed by atoms with Crippen LogP contribution >= 0.6 is 0 Å². The van der Waals surface area contributed by atoms with Crippen molar-refractivity contribution in [3.8, 4) is 0 Å². The van der Waals surface area contributed by atoms with Crippen LogP contribution in [0.15, 0.2) is 11.6 Å². The molecule has 0 spiro atoms. The van der Waals surface area contributed by atoms with Crippen molar-refractivity contribution < 1.29 is 9.53 Å². The van der Waals surface area contributed by atoms with E-state index in [1.54, 1.807) is 13.2 Å². The molecule has 0 amide bonds. The van der Waals surface area contributed by atoms with Gasteiger partial charge in [-0.15, -0.1) is 0 Å². The first-order valence-corrected chi connectivity index (χ1v) is 3.68. The maximum absolute atomic E-state index is 10.1. The molecule has 0 atom stereocenters. The van der Waals surface area contributed by atoms with Crippen molar-refractivity contribution in [2.75, 3.05) is 7.11 Å². The standard InChI is InChI=1S/C9H16O2/c1-8(5-6-10)7-9(2,3)11-4/h5-6H,7H2,1-4H3. The van der Waals surface area contributed by atoms with Gasteiger partial charge in [-0.3, -0.25) is 4.79 Å². The molecule has 0 aliphatic carbocycles. The average molecular weight is 156 g/mol. The number of ether oxygens (including phenoxy) is 1. The highest BCUT2D eigenvalue weighted by molar-refractivity contribution is 5.65. The van der Waals surface area contributed by atoms with Gasteiger partial charge in [-0.25, -0.2) is 0 Å². The van der Waals surface area contributed by atoms with Crippen molar-refractivity contribution in [1.82, 2.24) is 0 Å². The van der Waals surface area contributed by atoms with E-state index in [1.165, 1.54) is 0 Å². The van der Waals surface area contributed by atoms with Crippen molar-refractivity contribution in [1.29, 1.82) is 0 Å². The van der Waals surface area contributed by atoms with Crippen LogP contribution in [0.25, 0.3) is 0 Å². The summed E-state index contributed by atoms with van der Waals surface area (Å²) >= 11 is 0. The molecule has 11 heavy (non-hydrogen) atoms. The predicted molar refractivity (Wildman–Crippen MR) is 45.5 cm³/mol. The maximum Gasteiger partial charge on any atom is 0.142 e. The number of carbonyl (C=O) groups is 1. The van der Waals surface area contributed by atoms with Crippen LogP contribution < -0.4 is 0 Å². The lowest BCUT2D eigenvalue weighted by Gasteiger charge is -2.22. The fourth-order valence-corrected chi connectivity index (χ4v) is 0.919. The van der Waals surface area contributed by atoms with E-state index >= 15 is 0 Å². The molecule has 0 aromatic rings. The van der Waals surface area contributed by atoms with Gasteiger partial charge in [0, 0.05) is 7.11 Å². The van der Waals surface area contributed by atoms with Gasteiger partial charge in [-0.1, -0.05) is 5.57 Å². The summed E-state index contributed by atoms with van der Waals surface area (Å²) in [5.41, 5.74) is 0.885. The molecule has 0 radical (unpaired) electrons. The molecule has 0 bridgehead atoms.